The average Bonchev–Trinajstić information content (AvgIpc) is 2.28. The van der Waals surface area contributed by atoms with Crippen molar-refractivity contribution >= 4 is 33.5 Å². The number of fused-ring (bicyclic) bond motifs is 1. The van der Waals surface area contributed by atoms with Gasteiger partial charge in [0, 0.05) is 21.6 Å². The van der Waals surface area contributed by atoms with Crippen LogP contribution in [0.25, 0.3) is 10.8 Å². The number of benzene rings is 2. The van der Waals surface area contributed by atoms with Crippen molar-refractivity contribution in [2.45, 2.75) is 13.8 Å². The fraction of sp³-hybridized carbons (Fsp3) is 0.133. The van der Waals surface area contributed by atoms with Gasteiger partial charge in [-0.15, -0.1) is 0 Å². The molecular formula is C15H15NS. The normalized spacial score (nSPS) is 11.5. The van der Waals surface area contributed by atoms with Gasteiger partial charge < -0.3 is 5.32 Å². The first-order chi connectivity index (χ1) is 8.16. The molecule has 0 spiro atoms. The number of allylic oxidation sites excluding steroid dienone is 2. The fourth-order valence-electron chi connectivity index (χ4n) is 1.89. The Bertz CT molecular complexity index is 579. The van der Waals surface area contributed by atoms with Crippen molar-refractivity contribution in [1.82, 2.24) is 0 Å². The van der Waals surface area contributed by atoms with Crippen LogP contribution in [0.1, 0.15) is 13.8 Å². The summed E-state index contributed by atoms with van der Waals surface area (Å²) in [6.07, 6.45) is 1.97. The van der Waals surface area contributed by atoms with Gasteiger partial charge in [-0.2, -0.15) is 0 Å². The Labute approximate surface area is 107 Å². The first-order valence-corrected chi connectivity index (χ1v) is 6.01. The number of hydrogen-bond donors (Lipinski definition) is 1. The zero-order chi connectivity index (χ0) is 12.3. The maximum absolute atomic E-state index is 5.07. The molecule has 0 aliphatic rings. The molecule has 2 aromatic rings. The number of thiocarbonyl (C=S) groups is 1. The van der Waals surface area contributed by atoms with Gasteiger partial charge >= 0.3 is 0 Å². The minimum Gasteiger partial charge on any atom is -0.359 e. The molecule has 0 aliphatic heterocycles. The third-order valence-corrected chi connectivity index (χ3v) is 2.66. The van der Waals surface area contributed by atoms with E-state index in [4.69, 9.17) is 12.2 Å². The molecule has 2 aromatic carbocycles. The van der Waals surface area contributed by atoms with Crippen LogP contribution in [-0.4, -0.2) is 4.86 Å². The van der Waals surface area contributed by atoms with Gasteiger partial charge in [0.2, 0.25) is 0 Å². The van der Waals surface area contributed by atoms with E-state index in [9.17, 15) is 0 Å². The highest BCUT2D eigenvalue weighted by Gasteiger charge is 1.99. The van der Waals surface area contributed by atoms with Gasteiger partial charge in [-0.3, -0.25) is 0 Å². The molecule has 0 fully saturated rings. The van der Waals surface area contributed by atoms with Crippen LogP contribution < -0.4 is 5.32 Å². The predicted molar refractivity (Wildman–Crippen MR) is 79.6 cm³/mol. The van der Waals surface area contributed by atoms with E-state index in [1.165, 1.54) is 10.8 Å². The summed E-state index contributed by atoms with van der Waals surface area (Å²) in [5.74, 6) is 0. The molecule has 2 rings (SSSR count). The van der Waals surface area contributed by atoms with Gasteiger partial charge in [0.05, 0.1) is 0 Å². The highest BCUT2D eigenvalue weighted by molar-refractivity contribution is 7.80. The lowest BCUT2D eigenvalue weighted by molar-refractivity contribution is 1.40. The van der Waals surface area contributed by atoms with Crippen molar-refractivity contribution in [1.29, 1.82) is 0 Å². The smallest absolute Gasteiger partial charge is 0.0461 e. The van der Waals surface area contributed by atoms with E-state index >= 15 is 0 Å². The van der Waals surface area contributed by atoms with Crippen molar-refractivity contribution in [3.63, 3.8) is 0 Å². The van der Waals surface area contributed by atoms with Crippen molar-refractivity contribution in [2.24, 2.45) is 0 Å². The van der Waals surface area contributed by atoms with E-state index in [1.807, 2.05) is 19.9 Å². The Kier molecular flexibility index (Phi) is 3.55. The van der Waals surface area contributed by atoms with Crippen LogP contribution in [0.4, 0.5) is 5.69 Å². The van der Waals surface area contributed by atoms with Gasteiger partial charge in [0.25, 0.3) is 0 Å². The van der Waals surface area contributed by atoms with Crippen molar-refractivity contribution in [3.05, 3.63) is 54.2 Å². The largest absolute Gasteiger partial charge is 0.359 e. The molecule has 0 heterocycles. The van der Waals surface area contributed by atoms with E-state index in [0.29, 0.717) is 0 Å². The summed E-state index contributed by atoms with van der Waals surface area (Å²) < 4.78 is 0. The minimum atomic E-state index is 0.884. The van der Waals surface area contributed by atoms with Crippen molar-refractivity contribution < 1.29 is 0 Å². The van der Waals surface area contributed by atoms with Gasteiger partial charge in [-0.1, -0.05) is 48.6 Å². The third kappa shape index (κ3) is 2.92. The summed E-state index contributed by atoms with van der Waals surface area (Å²) in [5, 5.41) is 5.86. The third-order valence-electron chi connectivity index (χ3n) is 2.54. The first-order valence-electron chi connectivity index (χ1n) is 5.60. The SMILES string of the molecule is CC(=S)C=C(C)Nc1cccc2ccccc12. The number of hydrogen-bond acceptors (Lipinski definition) is 2. The summed E-state index contributed by atoms with van der Waals surface area (Å²) >= 11 is 5.07. The maximum Gasteiger partial charge on any atom is 0.0461 e. The van der Waals surface area contributed by atoms with Crippen LogP contribution in [0.2, 0.25) is 0 Å². The van der Waals surface area contributed by atoms with E-state index in [2.05, 4.69) is 47.8 Å². The van der Waals surface area contributed by atoms with Gasteiger partial charge in [0.1, 0.15) is 0 Å². The zero-order valence-electron chi connectivity index (χ0n) is 10.0. The second-order valence-corrected chi connectivity index (χ2v) is 4.73. The second-order valence-electron chi connectivity index (χ2n) is 4.09. The summed E-state index contributed by atoms with van der Waals surface area (Å²) in [4.78, 5) is 0.884. The van der Waals surface area contributed by atoms with Crippen LogP contribution in [-0.2, 0) is 0 Å². The second kappa shape index (κ2) is 5.11. The molecule has 1 nitrogen and oxygen atoms in total. The predicted octanol–water partition coefficient (Wildman–Crippen LogP) is 4.55. The Balaban J connectivity index is 2.39. The molecular weight excluding hydrogens is 226 g/mol. The fourth-order valence-corrected chi connectivity index (χ4v) is 2.06. The van der Waals surface area contributed by atoms with E-state index in [1.54, 1.807) is 0 Å². The molecule has 0 atom stereocenters. The standard InChI is InChI=1S/C15H15NS/c1-11(10-12(2)17)16-15-9-5-7-13-6-3-4-8-14(13)15/h3-10,16H,1-2H3. The topological polar surface area (TPSA) is 12.0 Å². The molecule has 0 saturated heterocycles. The van der Waals surface area contributed by atoms with E-state index in [0.717, 1.165) is 16.2 Å². The molecule has 0 saturated carbocycles. The minimum absolute atomic E-state index is 0.884. The molecule has 0 radical (unpaired) electrons. The molecule has 0 aliphatic carbocycles. The Morgan fingerprint density at radius 2 is 1.76 bits per heavy atom. The molecule has 2 heteroatoms. The highest BCUT2D eigenvalue weighted by Crippen LogP contribution is 2.23. The van der Waals surface area contributed by atoms with Gasteiger partial charge in [-0.25, -0.2) is 0 Å². The molecule has 0 amide bonds. The van der Waals surface area contributed by atoms with Crippen LogP contribution in [0, 0.1) is 0 Å². The first kappa shape index (κ1) is 11.8. The molecule has 17 heavy (non-hydrogen) atoms. The Morgan fingerprint density at radius 3 is 2.53 bits per heavy atom. The highest BCUT2D eigenvalue weighted by atomic mass is 32.1. The summed E-state index contributed by atoms with van der Waals surface area (Å²) in [6.45, 7) is 3.95. The summed E-state index contributed by atoms with van der Waals surface area (Å²) in [5.41, 5.74) is 2.18. The zero-order valence-corrected chi connectivity index (χ0v) is 10.8. The molecule has 0 aromatic heterocycles. The lowest BCUT2D eigenvalue weighted by atomic mass is 10.1. The Morgan fingerprint density at radius 1 is 1.06 bits per heavy atom. The van der Waals surface area contributed by atoms with Crippen LogP contribution >= 0.6 is 12.2 Å². The van der Waals surface area contributed by atoms with Crippen LogP contribution in [0.5, 0.6) is 0 Å². The number of anilines is 1. The Hall–Kier alpha value is -1.67. The number of nitrogens with one attached hydrogen (secondary N) is 1. The molecule has 0 bridgehead atoms. The van der Waals surface area contributed by atoms with E-state index in [-0.39, 0.29) is 0 Å². The van der Waals surface area contributed by atoms with Crippen LogP contribution in [0.15, 0.2) is 54.2 Å². The van der Waals surface area contributed by atoms with Gasteiger partial charge in [-0.05, 0) is 31.4 Å². The lowest BCUT2D eigenvalue weighted by Crippen LogP contribution is -1.98. The van der Waals surface area contributed by atoms with E-state index < -0.39 is 0 Å². The molecule has 1 N–H and O–H groups in total. The van der Waals surface area contributed by atoms with Crippen molar-refractivity contribution in [2.75, 3.05) is 5.32 Å². The summed E-state index contributed by atoms with van der Waals surface area (Å²) in [7, 11) is 0. The van der Waals surface area contributed by atoms with Crippen molar-refractivity contribution in [3.8, 4) is 0 Å². The lowest BCUT2D eigenvalue weighted by Gasteiger charge is -2.09. The average molecular weight is 241 g/mol. The molecule has 0 unspecified atom stereocenters. The monoisotopic (exact) mass is 241 g/mol. The summed E-state index contributed by atoms with van der Waals surface area (Å²) in [6, 6.07) is 14.6. The molecule has 86 valence electrons. The maximum atomic E-state index is 5.07. The number of rotatable bonds is 3. The van der Waals surface area contributed by atoms with Crippen LogP contribution in [0.3, 0.4) is 0 Å². The van der Waals surface area contributed by atoms with Gasteiger partial charge in [0.15, 0.2) is 0 Å². The quantitative estimate of drug-likeness (QED) is 0.625.